The fraction of sp³-hybridized carbons (Fsp3) is 0.196. The molecule has 0 unspecified atom stereocenters. The Kier molecular flexibility index (Phi) is 8.91. The number of hydrogen-bond acceptors (Lipinski definition) is 5. The molecule has 0 spiro atoms. The number of phenolic OH excluding ortho intramolecular Hbond substituents is 1. The van der Waals surface area contributed by atoms with E-state index in [2.05, 4.69) is 121 Å². The van der Waals surface area contributed by atoms with Crippen LogP contribution in [0.25, 0.3) is 77.7 Å². The zero-order chi connectivity index (χ0) is 35.7. The van der Waals surface area contributed by atoms with E-state index >= 15 is 0 Å². The monoisotopic (exact) mass is 861 g/mol. The van der Waals surface area contributed by atoms with Crippen LogP contribution in [0.1, 0.15) is 58.2 Å². The molecule has 0 amide bonds. The molecular formula is C46H40N3O2Pt-. The molecule has 0 aliphatic rings. The molecule has 262 valence electrons. The van der Waals surface area contributed by atoms with Gasteiger partial charge >= 0.3 is 0 Å². The second kappa shape index (κ2) is 13.1. The van der Waals surface area contributed by atoms with Crippen LogP contribution >= 0.6 is 0 Å². The average molecular weight is 862 g/mol. The van der Waals surface area contributed by atoms with Gasteiger partial charge in [0.1, 0.15) is 11.3 Å². The third-order valence-electron chi connectivity index (χ3n) is 9.84. The van der Waals surface area contributed by atoms with Crippen molar-refractivity contribution in [1.82, 2.24) is 15.0 Å². The van der Waals surface area contributed by atoms with Crippen molar-refractivity contribution < 1.29 is 30.6 Å². The van der Waals surface area contributed by atoms with Gasteiger partial charge < -0.3 is 9.52 Å². The van der Waals surface area contributed by atoms with E-state index < -0.39 is 0 Å². The molecule has 0 bridgehead atoms. The molecular weight excluding hydrogens is 822 g/mol. The average Bonchev–Trinajstić information content (AvgIpc) is 3.54. The third kappa shape index (κ3) is 6.33. The normalized spacial score (nSPS) is 12.1. The van der Waals surface area contributed by atoms with Gasteiger partial charge in [-0.2, -0.15) is 0 Å². The summed E-state index contributed by atoms with van der Waals surface area (Å²) in [4.78, 5) is 14.7. The van der Waals surface area contributed by atoms with E-state index in [1.165, 1.54) is 11.1 Å². The Hall–Kier alpha value is -5.12. The van der Waals surface area contributed by atoms with Gasteiger partial charge in [-0.3, -0.25) is 9.97 Å². The molecule has 1 N–H and O–H groups in total. The van der Waals surface area contributed by atoms with Gasteiger partial charge in [-0.25, -0.2) is 4.98 Å². The number of nitrogens with zero attached hydrogens (tertiary/aromatic N) is 3. The number of aromatic nitrogens is 3. The van der Waals surface area contributed by atoms with Crippen molar-refractivity contribution in [2.45, 2.75) is 59.3 Å². The fourth-order valence-corrected chi connectivity index (χ4v) is 6.83. The number of oxazole rings is 1. The molecule has 3 aromatic heterocycles. The minimum atomic E-state index is -0.120. The second-order valence-electron chi connectivity index (χ2n) is 15.5. The topological polar surface area (TPSA) is 72.0 Å². The molecule has 6 heteroatoms. The van der Waals surface area contributed by atoms with E-state index in [9.17, 15) is 5.11 Å². The van der Waals surface area contributed by atoms with Crippen LogP contribution in [0.3, 0.4) is 0 Å². The maximum Gasteiger partial charge on any atom is 0.230 e. The summed E-state index contributed by atoms with van der Waals surface area (Å²) in [6.07, 6.45) is 3.71. The zero-order valence-electron chi connectivity index (χ0n) is 30.4. The van der Waals surface area contributed by atoms with Crippen LogP contribution in [0.4, 0.5) is 0 Å². The van der Waals surface area contributed by atoms with E-state index in [-0.39, 0.29) is 37.6 Å². The van der Waals surface area contributed by atoms with Crippen LogP contribution in [-0.4, -0.2) is 20.1 Å². The third-order valence-corrected chi connectivity index (χ3v) is 9.84. The molecule has 0 atom stereocenters. The maximum atomic E-state index is 11.0. The molecule has 0 saturated heterocycles. The molecule has 5 nitrogen and oxygen atoms in total. The molecule has 52 heavy (non-hydrogen) atoms. The first-order valence-electron chi connectivity index (χ1n) is 17.4. The maximum absolute atomic E-state index is 11.0. The number of para-hydroxylation sites is 1. The standard InChI is InChI=1S/C46H40N3O2.Pt/c1-27-18-20-48-42-35(27)25-33(46(5,6)7)26-37(42)30-13-8-12-29(21-30)36-22-31(34-15-9-11-28-14-10-19-47-41(28)34)23-40-43(36)49-44(51-40)38-24-32(45(2,3)4)16-17-39(38)50;/h8-20,22-26,50H,1-7H3;/q-1;. The van der Waals surface area contributed by atoms with Crippen LogP contribution in [0.5, 0.6) is 5.75 Å². The second-order valence-corrected chi connectivity index (χ2v) is 15.5. The van der Waals surface area contributed by atoms with Crippen molar-refractivity contribution in [3.63, 3.8) is 0 Å². The van der Waals surface area contributed by atoms with Crippen LogP contribution in [0, 0.1) is 13.0 Å². The van der Waals surface area contributed by atoms with Gasteiger partial charge in [-0.05, 0) is 75.7 Å². The Morgan fingerprint density at radius 3 is 2.04 bits per heavy atom. The van der Waals surface area contributed by atoms with Crippen molar-refractivity contribution in [2.75, 3.05) is 0 Å². The van der Waals surface area contributed by atoms with Crippen molar-refractivity contribution in [1.29, 1.82) is 0 Å². The van der Waals surface area contributed by atoms with Gasteiger partial charge in [0.25, 0.3) is 0 Å². The number of phenols is 1. The molecule has 8 aromatic rings. The zero-order valence-corrected chi connectivity index (χ0v) is 32.7. The SMILES string of the molecule is Cc1ccnc2c(-c3[c-]c(-c4cc(-c5cccc6cccnc56)cc5oc(-c6cc(C(C)(C)C)ccc6O)nc45)ccc3)cc(C(C)(C)C)cc12.[Pt]. The van der Waals surface area contributed by atoms with Gasteiger partial charge in [0.2, 0.25) is 5.89 Å². The van der Waals surface area contributed by atoms with Gasteiger partial charge in [0, 0.05) is 49.9 Å². The van der Waals surface area contributed by atoms with E-state index in [4.69, 9.17) is 19.4 Å². The first-order valence-corrected chi connectivity index (χ1v) is 17.4. The largest absolute Gasteiger partial charge is 0.507 e. The summed E-state index contributed by atoms with van der Waals surface area (Å²) < 4.78 is 6.56. The number of hydrogen-bond donors (Lipinski definition) is 1. The number of fused-ring (bicyclic) bond motifs is 3. The first kappa shape index (κ1) is 35.3. The summed E-state index contributed by atoms with van der Waals surface area (Å²) in [5.74, 6) is 0.485. The molecule has 8 rings (SSSR count). The smallest absolute Gasteiger partial charge is 0.230 e. The Labute approximate surface area is 319 Å². The Bertz CT molecular complexity index is 2640. The molecule has 0 saturated carbocycles. The summed E-state index contributed by atoms with van der Waals surface area (Å²) in [5.41, 5.74) is 12.7. The Morgan fingerprint density at radius 2 is 1.29 bits per heavy atom. The molecule has 0 fully saturated rings. The number of aromatic hydroxyl groups is 1. The van der Waals surface area contributed by atoms with Gasteiger partial charge in [-0.15, -0.1) is 35.4 Å². The van der Waals surface area contributed by atoms with Gasteiger partial charge in [-0.1, -0.05) is 101 Å². The minimum Gasteiger partial charge on any atom is -0.507 e. The predicted molar refractivity (Wildman–Crippen MR) is 209 cm³/mol. The minimum absolute atomic E-state index is 0. The first-order chi connectivity index (χ1) is 24.3. The Morgan fingerprint density at radius 1 is 0.615 bits per heavy atom. The van der Waals surface area contributed by atoms with Crippen molar-refractivity contribution in [3.05, 3.63) is 132 Å². The van der Waals surface area contributed by atoms with E-state index in [1.807, 2.05) is 36.7 Å². The van der Waals surface area contributed by atoms with Crippen LogP contribution in [-0.2, 0) is 31.9 Å². The van der Waals surface area contributed by atoms with E-state index in [0.29, 0.717) is 22.6 Å². The van der Waals surface area contributed by atoms with Crippen LogP contribution in [0.2, 0.25) is 0 Å². The molecule has 0 radical (unpaired) electrons. The quantitative estimate of drug-likeness (QED) is 0.179. The number of aryl methyl sites for hydroxylation is 1. The summed E-state index contributed by atoms with van der Waals surface area (Å²) in [7, 11) is 0. The van der Waals surface area contributed by atoms with Crippen molar-refractivity contribution >= 4 is 32.9 Å². The fourth-order valence-electron chi connectivity index (χ4n) is 6.83. The number of pyridine rings is 2. The van der Waals surface area contributed by atoms with Crippen LogP contribution in [0.15, 0.2) is 114 Å². The van der Waals surface area contributed by atoms with E-state index in [0.717, 1.165) is 60.8 Å². The molecule has 0 aliphatic carbocycles. The number of benzene rings is 5. The molecule has 3 heterocycles. The predicted octanol–water partition coefficient (Wildman–Crippen LogP) is 12.0. The molecule has 5 aromatic carbocycles. The van der Waals surface area contributed by atoms with Crippen molar-refractivity contribution in [2.24, 2.45) is 0 Å². The van der Waals surface area contributed by atoms with E-state index in [1.54, 1.807) is 6.07 Å². The Balaban J connectivity index is 0.00000420. The molecule has 0 aliphatic heterocycles. The van der Waals surface area contributed by atoms with Crippen LogP contribution < -0.4 is 0 Å². The summed E-state index contributed by atoms with van der Waals surface area (Å²) in [6, 6.07) is 36.7. The summed E-state index contributed by atoms with van der Waals surface area (Å²) >= 11 is 0. The van der Waals surface area contributed by atoms with Gasteiger partial charge in [0.15, 0.2) is 0 Å². The van der Waals surface area contributed by atoms with Crippen molar-refractivity contribution in [3.8, 4) is 50.6 Å². The summed E-state index contributed by atoms with van der Waals surface area (Å²) in [6.45, 7) is 15.3. The summed E-state index contributed by atoms with van der Waals surface area (Å²) in [5, 5.41) is 13.2. The number of rotatable bonds is 4. The van der Waals surface area contributed by atoms with Gasteiger partial charge in [0.05, 0.1) is 16.6 Å².